The molecule has 142 valence electrons. The van der Waals surface area contributed by atoms with Crippen molar-refractivity contribution in [3.05, 3.63) is 79.4 Å². The van der Waals surface area contributed by atoms with E-state index >= 15 is 0 Å². The number of carbonyl (C=O) groups is 2. The van der Waals surface area contributed by atoms with Crippen LogP contribution in [0.1, 0.15) is 0 Å². The maximum Gasteiger partial charge on any atom is 0.412 e. The lowest BCUT2D eigenvalue weighted by molar-refractivity contribution is -0.137. The fraction of sp³-hybridized carbons (Fsp3) is 0.0909. The van der Waals surface area contributed by atoms with Gasteiger partial charge in [-0.05, 0) is 47.2 Å². The highest BCUT2D eigenvalue weighted by Crippen LogP contribution is 2.27. The molecule has 0 spiro atoms. The summed E-state index contributed by atoms with van der Waals surface area (Å²) in [7, 11) is 0. The molecule has 3 rings (SSSR count). The van der Waals surface area contributed by atoms with Gasteiger partial charge in [0.1, 0.15) is 23.9 Å². The molecule has 0 atom stereocenters. The number of benzene rings is 3. The van der Waals surface area contributed by atoms with E-state index in [9.17, 15) is 9.59 Å². The predicted octanol–water partition coefficient (Wildman–Crippen LogP) is 4.45. The molecule has 1 amide bonds. The van der Waals surface area contributed by atoms with Gasteiger partial charge in [0, 0.05) is 6.08 Å². The van der Waals surface area contributed by atoms with Gasteiger partial charge >= 0.3 is 12.1 Å². The van der Waals surface area contributed by atoms with Crippen LogP contribution >= 0.6 is 0 Å². The number of para-hydroxylation sites is 1. The molecule has 6 heteroatoms. The minimum absolute atomic E-state index is 0.0435. The highest BCUT2D eigenvalue weighted by Gasteiger charge is 2.06. The average molecular weight is 377 g/mol. The van der Waals surface area contributed by atoms with Gasteiger partial charge in [-0.25, -0.2) is 9.59 Å². The summed E-state index contributed by atoms with van der Waals surface area (Å²) in [4.78, 5) is 22.7. The number of fused-ring (bicyclic) bond motifs is 1. The summed E-state index contributed by atoms with van der Waals surface area (Å²) >= 11 is 0. The van der Waals surface area contributed by atoms with Crippen LogP contribution in [0.2, 0.25) is 0 Å². The number of amides is 1. The fourth-order valence-corrected chi connectivity index (χ4v) is 2.46. The summed E-state index contributed by atoms with van der Waals surface area (Å²) in [5.74, 6) is 1.35. The first-order valence-electron chi connectivity index (χ1n) is 8.65. The summed E-state index contributed by atoms with van der Waals surface area (Å²) in [5, 5.41) is 4.37. The first-order valence-corrected chi connectivity index (χ1v) is 8.65. The number of nitrogens with one attached hydrogen (secondary N) is 1. The molecule has 0 aliphatic heterocycles. The molecular weight excluding hydrogens is 358 g/mol. The number of hydrogen-bond donors (Lipinski definition) is 1. The fourth-order valence-electron chi connectivity index (χ4n) is 2.46. The molecule has 0 aromatic heterocycles. The first-order chi connectivity index (χ1) is 13.6. The number of ether oxygens (including phenoxy) is 3. The molecule has 0 unspecified atom stereocenters. The van der Waals surface area contributed by atoms with Crippen LogP contribution in [0.3, 0.4) is 0 Å². The molecule has 1 N–H and O–H groups in total. The number of carbonyl (C=O) groups excluding carboxylic acids is 2. The van der Waals surface area contributed by atoms with Crippen molar-refractivity contribution >= 4 is 22.8 Å². The summed E-state index contributed by atoms with van der Waals surface area (Å²) in [6.07, 6.45) is 0.432. The number of rotatable bonds is 7. The van der Waals surface area contributed by atoms with Crippen molar-refractivity contribution in [2.45, 2.75) is 0 Å². The largest absolute Gasteiger partial charge is 0.461 e. The van der Waals surface area contributed by atoms with Gasteiger partial charge < -0.3 is 19.5 Å². The van der Waals surface area contributed by atoms with Crippen molar-refractivity contribution in [1.82, 2.24) is 5.32 Å². The normalized spacial score (nSPS) is 10.1. The lowest BCUT2D eigenvalue weighted by Crippen LogP contribution is -2.30. The summed E-state index contributed by atoms with van der Waals surface area (Å²) in [6.45, 7) is 3.48. The topological polar surface area (TPSA) is 73.9 Å². The van der Waals surface area contributed by atoms with E-state index in [2.05, 4.69) is 11.9 Å². The number of hydrogen-bond acceptors (Lipinski definition) is 5. The maximum absolute atomic E-state index is 11.8. The quantitative estimate of drug-likeness (QED) is 0.374. The Kier molecular flexibility index (Phi) is 6.25. The summed E-state index contributed by atoms with van der Waals surface area (Å²) < 4.78 is 15.8. The zero-order chi connectivity index (χ0) is 19.8. The third-order valence-electron chi connectivity index (χ3n) is 3.76. The van der Waals surface area contributed by atoms with Gasteiger partial charge in [0.2, 0.25) is 0 Å². The maximum atomic E-state index is 11.8. The van der Waals surface area contributed by atoms with Crippen LogP contribution in [-0.4, -0.2) is 25.2 Å². The Balaban J connectivity index is 1.58. The Hall–Kier alpha value is -3.80. The molecule has 0 radical (unpaired) electrons. The van der Waals surface area contributed by atoms with Crippen LogP contribution in [0, 0.1) is 0 Å². The Morgan fingerprint density at radius 3 is 2.29 bits per heavy atom. The third kappa shape index (κ3) is 5.35. The molecule has 0 saturated carbocycles. The molecule has 0 bridgehead atoms. The molecule has 3 aromatic carbocycles. The Labute approximate surface area is 162 Å². The lowest BCUT2D eigenvalue weighted by Gasteiger charge is -2.09. The van der Waals surface area contributed by atoms with Gasteiger partial charge in [-0.1, -0.05) is 36.9 Å². The minimum Gasteiger partial charge on any atom is -0.461 e. The molecule has 0 aliphatic rings. The molecule has 0 saturated heterocycles. The van der Waals surface area contributed by atoms with Crippen LogP contribution in [0.4, 0.5) is 4.79 Å². The van der Waals surface area contributed by atoms with E-state index in [-0.39, 0.29) is 13.2 Å². The third-order valence-corrected chi connectivity index (χ3v) is 3.76. The van der Waals surface area contributed by atoms with Crippen molar-refractivity contribution in [3.8, 4) is 17.2 Å². The highest BCUT2D eigenvalue weighted by molar-refractivity contribution is 5.86. The van der Waals surface area contributed by atoms with E-state index < -0.39 is 12.1 Å². The second-order valence-corrected chi connectivity index (χ2v) is 5.77. The van der Waals surface area contributed by atoms with Gasteiger partial charge in [0.05, 0.1) is 6.54 Å². The van der Waals surface area contributed by atoms with Crippen LogP contribution in [0.25, 0.3) is 10.8 Å². The second kappa shape index (κ2) is 9.23. The zero-order valence-corrected chi connectivity index (χ0v) is 15.1. The van der Waals surface area contributed by atoms with E-state index in [1.165, 1.54) is 0 Å². The molecule has 0 aliphatic carbocycles. The predicted molar refractivity (Wildman–Crippen MR) is 106 cm³/mol. The van der Waals surface area contributed by atoms with E-state index in [0.717, 1.165) is 28.3 Å². The SMILES string of the molecule is C=CC(=O)OCCNC(=O)Oc1ccc2cc(Oc3ccccc3)ccc2c1. The van der Waals surface area contributed by atoms with E-state index in [0.29, 0.717) is 5.75 Å². The van der Waals surface area contributed by atoms with Crippen LogP contribution in [0.15, 0.2) is 79.4 Å². The summed E-state index contributed by atoms with van der Waals surface area (Å²) in [5.41, 5.74) is 0. The van der Waals surface area contributed by atoms with Gasteiger partial charge in [-0.2, -0.15) is 0 Å². The van der Waals surface area contributed by atoms with Crippen LogP contribution < -0.4 is 14.8 Å². The Morgan fingerprint density at radius 1 is 0.893 bits per heavy atom. The Morgan fingerprint density at radius 2 is 1.57 bits per heavy atom. The molecule has 3 aromatic rings. The number of esters is 1. The van der Waals surface area contributed by atoms with Gasteiger partial charge in [0.15, 0.2) is 0 Å². The standard InChI is InChI=1S/C22H19NO5/c1-2-21(24)26-13-12-23-22(25)28-20-11-9-16-14-19(10-8-17(16)15-20)27-18-6-4-3-5-7-18/h2-11,14-15H,1,12-13H2,(H,23,25). The van der Waals surface area contributed by atoms with Crippen molar-refractivity contribution in [2.24, 2.45) is 0 Å². The van der Waals surface area contributed by atoms with E-state index in [1.54, 1.807) is 12.1 Å². The monoisotopic (exact) mass is 377 g/mol. The molecule has 0 fully saturated rings. The van der Waals surface area contributed by atoms with Crippen LogP contribution in [-0.2, 0) is 9.53 Å². The smallest absolute Gasteiger partial charge is 0.412 e. The van der Waals surface area contributed by atoms with E-state index in [1.807, 2.05) is 54.6 Å². The Bertz CT molecular complexity index is 985. The van der Waals surface area contributed by atoms with E-state index in [4.69, 9.17) is 14.2 Å². The second-order valence-electron chi connectivity index (χ2n) is 5.77. The van der Waals surface area contributed by atoms with Crippen LogP contribution in [0.5, 0.6) is 17.2 Å². The molecule has 28 heavy (non-hydrogen) atoms. The van der Waals surface area contributed by atoms with Crippen molar-refractivity contribution in [2.75, 3.05) is 13.2 Å². The van der Waals surface area contributed by atoms with Crippen molar-refractivity contribution in [3.63, 3.8) is 0 Å². The average Bonchev–Trinajstić information content (AvgIpc) is 2.72. The first kappa shape index (κ1) is 19.0. The summed E-state index contributed by atoms with van der Waals surface area (Å²) in [6, 6.07) is 20.5. The highest BCUT2D eigenvalue weighted by atomic mass is 16.6. The molecular formula is C22H19NO5. The van der Waals surface area contributed by atoms with Crippen molar-refractivity contribution < 1.29 is 23.8 Å². The van der Waals surface area contributed by atoms with Gasteiger partial charge in [0.25, 0.3) is 0 Å². The molecule has 6 nitrogen and oxygen atoms in total. The van der Waals surface area contributed by atoms with Gasteiger partial charge in [-0.15, -0.1) is 0 Å². The van der Waals surface area contributed by atoms with Gasteiger partial charge in [-0.3, -0.25) is 0 Å². The zero-order valence-electron chi connectivity index (χ0n) is 15.1. The minimum atomic E-state index is -0.627. The van der Waals surface area contributed by atoms with Crippen molar-refractivity contribution in [1.29, 1.82) is 0 Å². The molecule has 0 heterocycles. The lowest BCUT2D eigenvalue weighted by atomic mass is 10.1.